The van der Waals surface area contributed by atoms with E-state index in [0.717, 1.165) is 24.8 Å². The molecule has 142 valence electrons. The molecule has 0 saturated heterocycles. The molecule has 1 aliphatic rings. The number of rotatable bonds is 7. The lowest BCUT2D eigenvalue weighted by Crippen LogP contribution is -2.26. The summed E-state index contributed by atoms with van der Waals surface area (Å²) in [4.78, 5) is 24.5. The van der Waals surface area contributed by atoms with Crippen molar-refractivity contribution in [2.75, 3.05) is 5.32 Å². The molecular weight excluding hydrogens is 336 g/mol. The molecular formula is C23H28N2O2. The predicted molar refractivity (Wildman–Crippen MR) is 109 cm³/mol. The van der Waals surface area contributed by atoms with Gasteiger partial charge in [-0.05, 0) is 61.4 Å². The fourth-order valence-electron chi connectivity index (χ4n) is 3.11. The number of hydrogen-bond donors (Lipinski definition) is 2. The Balaban J connectivity index is 1.61. The van der Waals surface area contributed by atoms with Crippen LogP contribution in [0.25, 0.3) is 0 Å². The van der Waals surface area contributed by atoms with Crippen LogP contribution in [0.2, 0.25) is 0 Å². The van der Waals surface area contributed by atoms with E-state index in [9.17, 15) is 9.59 Å². The smallest absolute Gasteiger partial charge is 0.251 e. The number of amides is 2. The highest BCUT2D eigenvalue weighted by Crippen LogP contribution is 2.30. The minimum Gasteiger partial charge on any atom is -0.346 e. The van der Waals surface area contributed by atoms with Gasteiger partial charge in [0.05, 0.1) is 6.04 Å². The van der Waals surface area contributed by atoms with Crippen LogP contribution >= 0.6 is 0 Å². The van der Waals surface area contributed by atoms with Gasteiger partial charge in [-0.1, -0.05) is 44.2 Å². The van der Waals surface area contributed by atoms with Gasteiger partial charge in [0.25, 0.3) is 5.91 Å². The van der Waals surface area contributed by atoms with Gasteiger partial charge in [0.15, 0.2) is 0 Å². The van der Waals surface area contributed by atoms with E-state index < -0.39 is 0 Å². The van der Waals surface area contributed by atoms with Gasteiger partial charge < -0.3 is 10.6 Å². The summed E-state index contributed by atoms with van der Waals surface area (Å²) >= 11 is 0. The first-order chi connectivity index (χ1) is 12.9. The molecule has 0 aliphatic heterocycles. The molecule has 27 heavy (non-hydrogen) atoms. The summed E-state index contributed by atoms with van der Waals surface area (Å²) in [5.41, 5.74) is 3.61. The second-order valence-corrected chi connectivity index (χ2v) is 7.88. The van der Waals surface area contributed by atoms with E-state index in [1.165, 1.54) is 5.56 Å². The van der Waals surface area contributed by atoms with Crippen LogP contribution in [0.3, 0.4) is 0 Å². The highest BCUT2D eigenvalue weighted by molar-refractivity contribution is 5.98. The van der Waals surface area contributed by atoms with Crippen LogP contribution in [0.1, 0.15) is 61.1 Å². The maximum Gasteiger partial charge on any atom is 0.251 e. The number of benzene rings is 2. The molecule has 1 aliphatic carbocycles. The number of nitrogens with one attached hydrogen (secondary N) is 2. The first-order valence-electron chi connectivity index (χ1n) is 9.73. The van der Waals surface area contributed by atoms with E-state index in [4.69, 9.17) is 0 Å². The van der Waals surface area contributed by atoms with Gasteiger partial charge in [0, 0.05) is 17.2 Å². The molecule has 1 fully saturated rings. The fourth-order valence-corrected chi connectivity index (χ4v) is 3.11. The van der Waals surface area contributed by atoms with Crippen LogP contribution in [-0.2, 0) is 11.2 Å². The third-order valence-electron chi connectivity index (χ3n) is 4.81. The van der Waals surface area contributed by atoms with Crippen molar-refractivity contribution in [3.05, 3.63) is 65.2 Å². The Labute approximate surface area is 161 Å². The van der Waals surface area contributed by atoms with Crippen molar-refractivity contribution in [1.29, 1.82) is 0 Å². The normalized spacial score (nSPS) is 14.7. The first kappa shape index (κ1) is 19.2. The summed E-state index contributed by atoms with van der Waals surface area (Å²) in [5.74, 6) is 0.667. The van der Waals surface area contributed by atoms with Crippen molar-refractivity contribution in [3.63, 3.8) is 0 Å². The Morgan fingerprint density at radius 2 is 1.74 bits per heavy atom. The van der Waals surface area contributed by atoms with Gasteiger partial charge in [-0.2, -0.15) is 0 Å². The van der Waals surface area contributed by atoms with Gasteiger partial charge in [-0.15, -0.1) is 0 Å². The van der Waals surface area contributed by atoms with Gasteiger partial charge >= 0.3 is 0 Å². The van der Waals surface area contributed by atoms with Crippen molar-refractivity contribution < 1.29 is 9.59 Å². The van der Waals surface area contributed by atoms with E-state index in [1.54, 1.807) is 18.2 Å². The van der Waals surface area contributed by atoms with Crippen LogP contribution in [0, 0.1) is 11.8 Å². The van der Waals surface area contributed by atoms with Crippen LogP contribution in [-0.4, -0.2) is 11.8 Å². The molecule has 1 atom stereocenters. The largest absolute Gasteiger partial charge is 0.346 e. The average Bonchev–Trinajstić information content (AvgIpc) is 3.47. The Morgan fingerprint density at radius 1 is 1.04 bits per heavy atom. The van der Waals surface area contributed by atoms with Crippen molar-refractivity contribution in [2.45, 2.75) is 46.1 Å². The van der Waals surface area contributed by atoms with Crippen LogP contribution in [0.15, 0.2) is 48.5 Å². The maximum atomic E-state index is 12.6. The summed E-state index contributed by atoms with van der Waals surface area (Å²) < 4.78 is 0. The highest BCUT2D eigenvalue weighted by Gasteiger charge is 2.29. The number of carbonyl (C=O) groups excluding carboxylic acids is 2. The lowest BCUT2D eigenvalue weighted by atomic mass is 10.00. The quantitative estimate of drug-likeness (QED) is 0.746. The second-order valence-electron chi connectivity index (χ2n) is 7.88. The molecule has 0 aromatic heterocycles. The molecule has 2 N–H and O–H groups in total. The number of hydrogen-bond acceptors (Lipinski definition) is 2. The number of carbonyl (C=O) groups is 2. The fraction of sp³-hybridized carbons (Fsp3) is 0.391. The topological polar surface area (TPSA) is 58.2 Å². The van der Waals surface area contributed by atoms with Crippen molar-refractivity contribution in [1.82, 2.24) is 5.32 Å². The average molecular weight is 364 g/mol. The van der Waals surface area contributed by atoms with E-state index >= 15 is 0 Å². The molecule has 2 amide bonds. The summed E-state index contributed by atoms with van der Waals surface area (Å²) in [6.07, 6.45) is 2.97. The minimum atomic E-state index is -0.142. The lowest BCUT2D eigenvalue weighted by Gasteiger charge is -2.16. The zero-order chi connectivity index (χ0) is 19.4. The maximum absolute atomic E-state index is 12.6. The third kappa shape index (κ3) is 5.43. The third-order valence-corrected chi connectivity index (χ3v) is 4.81. The molecule has 0 bridgehead atoms. The first-order valence-corrected chi connectivity index (χ1v) is 9.73. The van der Waals surface area contributed by atoms with Crippen LogP contribution in [0.4, 0.5) is 5.69 Å². The van der Waals surface area contributed by atoms with Gasteiger partial charge in [-0.25, -0.2) is 0 Å². The number of anilines is 1. The molecule has 0 spiro atoms. The van der Waals surface area contributed by atoms with E-state index in [1.807, 2.05) is 13.0 Å². The lowest BCUT2D eigenvalue weighted by molar-refractivity contribution is -0.117. The van der Waals surface area contributed by atoms with E-state index in [-0.39, 0.29) is 23.8 Å². The van der Waals surface area contributed by atoms with Gasteiger partial charge in [-0.3, -0.25) is 9.59 Å². The molecule has 0 heterocycles. The molecule has 1 saturated carbocycles. The second kappa shape index (κ2) is 8.38. The minimum absolute atomic E-state index is 0.0439. The van der Waals surface area contributed by atoms with Crippen LogP contribution in [0.5, 0.6) is 0 Å². The Hall–Kier alpha value is -2.62. The molecule has 2 aromatic rings. The zero-order valence-corrected chi connectivity index (χ0v) is 16.3. The van der Waals surface area contributed by atoms with Crippen LogP contribution < -0.4 is 10.6 Å². The Bertz CT molecular complexity index is 807. The SMILES string of the molecule is CC(C)Cc1ccc(C(C)NC(=O)c2cccc(NC(=O)C3CC3)c2)cc1. The summed E-state index contributed by atoms with van der Waals surface area (Å²) in [6, 6.07) is 15.4. The monoisotopic (exact) mass is 364 g/mol. The van der Waals surface area contributed by atoms with Crippen molar-refractivity contribution >= 4 is 17.5 Å². The van der Waals surface area contributed by atoms with Crippen molar-refractivity contribution in [2.24, 2.45) is 11.8 Å². The van der Waals surface area contributed by atoms with E-state index in [0.29, 0.717) is 17.2 Å². The summed E-state index contributed by atoms with van der Waals surface area (Å²) in [6.45, 7) is 6.39. The summed E-state index contributed by atoms with van der Waals surface area (Å²) in [7, 11) is 0. The molecule has 4 nitrogen and oxygen atoms in total. The molecule has 1 unspecified atom stereocenters. The van der Waals surface area contributed by atoms with Gasteiger partial charge in [0.2, 0.25) is 5.91 Å². The zero-order valence-electron chi connectivity index (χ0n) is 16.3. The molecule has 3 rings (SSSR count). The Morgan fingerprint density at radius 3 is 2.37 bits per heavy atom. The molecule has 2 aromatic carbocycles. The van der Waals surface area contributed by atoms with E-state index in [2.05, 4.69) is 48.7 Å². The van der Waals surface area contributed by atoms with Crippen molar-refractivity contribution in [3.8, 4) is 0 Å². The highest BCUT2D eigenvalue weighted by atomic mass is 16.2. The molecule has 0 radical (unpaired) electrons. The Kier molecular flexibility index (Phi) is 5.94. The summed E-state index contributed by atoms with van der Waals surface area (Å²) in [5, 5.41) is 5.92. The van der Waals surface area contributed by atoms with Gasteiger partial charge in [0.1, 0.15) is 0 Å². The predicted octanol–water partition coefficient (Wildman–Crippen LogP) is 4.72. The standard InChI is InChI=1S/C23H28N2O2/c1-15(2)13-17-7-9-18(10-8-17)16(3)24-23(27)20-5-4-6-21(14-20)25-22(26)19-11-12-19/h4-10,14-16,19H,11-13H2,1-3H3,(H,24,27)(H,25,26). The molecule has 4 heteroatoms.